The highest BCUT2D eigenvalue weighted by Crippen LogP contribution is 2.29. The molecule has 148 valence electrons. The fourth-order valence-electron chi connectivity index (χ4n) is 3.30. The molecule has 0 unspecified atom stereocenters. The van der Waals surface area contributed by atoms with Gasteiger partial charge in [-0.3, -0.25) is 4.98 Å². The summed E-state index contributed by atoms with van der Waals surface area (Å²) in [5.41, 5.74) is 3.20. The molecule has 1 heterocycles. The van der Waals surface area contributed by atoms with E-state index in [-0.39, 0.29) is 0 Å². The van der Waals surface area contributed by atoms with Gasteiger partial charge in [-0.1, -0.05) is 6.07 Å². The molecule has 0 saturated carbocycles. The maximum absolute atomic E-state index is 6.80. The van der Waals surface area contributed by atoms with Crippen LogP contribution in [-0.4, -0.2) is 37.3 Å². The zero-order valence-corrected chi connectivity index (χ0v) is 21.1. The molecule has 0 amide bonds. The Morgan fingerprint density at radius 1 is 0.852 bits per heavy atom. The van der Waals surface area contributed by atoms with E-state index in [9.17, 15) is 0 Å². The Hall–Kier alpha value is -1.26. The highest BCUT2D eigenvalue weighted by atomic mass is 28.5. The van der Waals surface area contributed by atoms with Gasteiger partial charge in [-0.05, 0) is 82.6 Å². The van der Waals surface area contributed by atoms with E-state index in [2.05, 4.69) is 75.9 Å². The molecule has 2 aromatic rings. The Labute approximate surface area is 167 Å². The van der Waals surface area contributed by atoms with Gasteiger partial charge < -0.3 is 13.0 Å². The fourth-order valence-corrected chi connectivity index (χ4v) is 15.2. The van der Waals surface area contributed by atoms with Crippen LogP contribution >= 0.6 is 0 Å². The minimum atomic E-state index is -2.69. The Morgan fingerprint density at radius 3 is 1.93 bits per heavy atom. The molecule has 0 spiro atoms. The fraction of sp³-hybridized carbons (Fsp3) is 0.450. The van der Waals surface area contributed by atoms with Crippen LogP contribution in [0.1, 0.15) is 5.56 Å². The lowest BCUT2D eigenvalue weighted by molar-refractivity contribution is 0.401. The smallest absolute Gasteiger partial charge is 0.349 e. The molecule has 0 aliphatic carbocycles. The van der Waals surface area contributed by atoms with E-state index in [1.54, 1.807) is 7.11 Å². The second-order valence-electron chi connectivity index (χ2n) is 8.95. The normalized spacial score (nSPS) is 12.9. The number of benzene rings is 1. The second-order valence-corrected chi connectivity index (χ2v) is 21.5. The van der Waals surface area contributed by atoms with Crippen molar-refractivity contribution in [1.29, 1.82) is 0 Å². The van der Waals surface area contributed by atoms with Crippen molar-refractivity contribution in [1.82, 2.24) is 4.98 Å². The van der Waals surface area contributed by atoms with Gasteiger partial charge in [0.15, 0.2) is 16.6 Å². The first-order chi connectivity index (χ1) is 12.3. The number of rotatable bonds is 7. The van der Waals surface area contributed by atoms with Crippen LogP contribution in [0.2, 0.25) is 45.8 Å². The van der Waals surface area contributed by atoms with E-state index in [4.69, 9.17) is 13.0 Å². The molecule has 0 radical (unpaired) electrons. The second kappa shape index (κ2) is 8.00. The van der Waals surface area contributed by atoms with E-state index >= 15 is 0 Å². The monoisotopic (exact) mass is 419 g/mol. The molecule has 0 bridgehead atoms. The van der Waals surface area contributed by atoms with Gasteiger partial charge in [-0.2, -0.15) is 0 Å². The van der Waals surface area contributed by atoms with Gasteiger partial charge in [0.25, 0.3) is 0 Å². The van der Waals surface area contributed by atoms with Gasteiger partial charge in [-0.15, -0.1) is 0 Å². The quantitative estimate of drug-likeness (QED) is 0.589. The molecule has 7 heteroatoms. The first-order valence-corrected chi connectivity index (χ1v) is 18.5. The first kappa shape index (κ1) is 22.0. The number of ether oxygens (including phenoxy) is 1. The number of hydrogen-bond acceptors (Lipinski definition) is 4. The van der Waals surface area contributed by atoms with Gasteiger partial charge in [0.2, 0.25) is 0 Å². The Bertz CT molecular complexity index is 782. The zero-order chi connectivity index (χ0) is 20.5. The van der Waals surface area contributed by atoms with Gasteiger partial charge in [0, 0.05) is 16.9 Å². The van der Waals surface area contributed by atoms with E-state index in [0.29, 0.717) is 0 Å². The molecular weight excluding hydrogens is 386 g/mol. The molecule has 0 aliphatic rings. The Morgan fingerprint density at radius 2 is 1.44 bits per heavy atom. The van der Waals surface area contributed by atoms with Crippen LogP contribution in [0, 0.1) is 6.92 Å². The van der Waals surface area contributed by atoms with Crippen molar-refractivity contribution >= 4 is 30.4 Å². The number of pyridine rings is 1. The van der Waals surface area contributed by atoms with Crippen LogP contribution in [-0.2, 0) is 8.23 Å². The standard InChI is InChI=1S/C20H33NO3Si3/c1-16-11-10-14-21-20(16)18-13-12-17(22-2)15-19(18)27(9,23-25(3,4)5)24-26(6,7)8/h10-15H,1-9H3. The summed E-state index contributed by atoms with van der Waals surface area (Å²) in [6.45, 7) is 17.6. The Kier molecular flexibility index (Phi) is 6.53. The lowest BCUT2D eigenvalue weighted by Crippen LogP contribution is -2.60. The number of hydrogen-bond donors (Lipinski definition) is 0. The molecule has 1 aromatic heterocycles. The SMILES string of the molecule is COc1ccc(-c2ncccc2C)c([Si](C)(O[Si](C)(C)C)O[Si](C)(C)C)c1. The third-order valence-corrected chi connectivity index (χ3v) is 13.4. The summed E-state index contributed by atoms with van der Waals surface area (Å²) >= 11 is 0. The molecule has 27 heavy (non-hydrogen) atoms. The van der Waals surface area contributed by atoms with Crippen molar-refractivity contribution in [2.24, 2.45) is 0 Å². The summed E-state index contributed by atoms with van der Waals surface area (Å²) in [5.74, 6) is 0.819. The van der Waals surface area contributed by atoms with E-state index in [0.717, 1.165) is 27.8 Å². The average molecular weight is 420 g/mol. The molecule has 1 aromatic carbocycles. The summed E-state index contributed by atoms with van der Waals surface area (Å²) < 4.78 is 19.1. The number of methoxy groups -OCH3 is 1. The summed E-state index contributed by atoms with van der Waals surface area (Å²) in [4.78, 5) is 4.66. The number of nitrogens with zero attached hydrogens (tertiary/aromatic N) is 1. The highest BCUT2D eigenvalue weighted by molar-refractivity contribution is 6.94. The van der Waals surface area contributed by atoms with Crippen molar-refractivity contribution in [2.75, 3.05) is 7.11 Å². The molecule has 0 fully saturated rings. The largest absolute Gasteiger partial charge is 0.497 e. The third-order valence-electron chi connectivity index (χ3n) is 3.98. The number of aryl methyl sites for hydroxylation is 1. The van der Waals surface area contributed by atoms with Crippen LogP contribution in [0.4, 0.5) is 0 Å². The minimum absolute atomic E-state index is 0.819. The van der Waals surface area contributed by atoms with Gasteiger partial charge in [0.1, 0.15) is 5.75 Å². The van der Waals surface area contributed by atoms with Crippen molar-refractivity contribution in [3.63, 3.8) is 0 Å². The van der Waals surface area contributed by atoms with Crippen LogP contribution in [0.3, 0.4) is 0 Å². The predicted octanol–water partition coefficient (Wildman–Crippen LogP) is 5.05. The van der Waals surface area contributed by atoms with Crippen LogP contribution < -0.4 is 9.92 Å². The Balaban J connectivity index is 2.75. The van der Waals surface area contributed by atoms with E-state index < -0.39 is 25.2 Å². The molecule has 0 N–H and O–H groups in total. The van der Waals surface area contributed by atoms with Gasteiger partial charge in [-0.25, -0.2) is 0 Å². The van der Waals surface area contributed by atoms with Crippen molar-refractivity contribution in [2.45, 2.75) is 52.8 Å². The minimum Gasteiger partial charge on any atom is -0.497 e. The summed E-state index contributed by atoms with van der Waals surface area (Å²) in [7, 11) is -4.68. The maximum atomic E-state index is 6.80. The topological polar surface area (TPSA) is 40.6 Å². The highest BCUT2D eigenvalue weighted by Gasteiger charge is 2.44. The molecule has 0 atom stereocenters. The summed E-state index contributed by atoms with van der Waals surface area (Å²) in [6.07, 6.45) is 1.84. The average Bonchev–Trinajstić information content (AvgIpc) is 2.51. The lowest BCUT2D eigenvalue weighted by Gasteiger charge is -2.39. The van der Waals surface area contributed by atoms with Gasteiger partial charge in [0.05, 0.1) is 12.8 Å². The van der Waals surface area contributed by atoms with E-state index in [1.165, 1.54) is 0 Å². The molecule has 2 rings (SSSR count). The van der Waals surface area contributed by atoms with Crippen molar-refractivity contribution < 1.29 is 13.0 Å². The molecule has 0 saturated heterocycles. The predicted molar refractivity (Wildman–Crippen MR) is 121 cm³/mol. The summed E-state index contributed by atoms with van der Waals surface area (Å²) in [6, 6.07) is 10.2. The maximum Gasteiger partial charge on any atom is 0.349 e. The molecule has 0 aliphatic heterocycles. The van der Waals surface area contributed by atoms with Crippen molar-refractivity contribution in [3.8, 4) is 17.0 Å². The molecule has 4 nitrogen and oxygen atoms in total. The van der Waals surface area contributed by atoms with E-state index in [1.807, 2.05) is 18.3 Å². The van der Waals surface area contributed by atoms with Crippen molar-refractivity contribution in [3.05, 3.63) is 42.1 Å². The summed E-state index contributed by atoms with van der Waals surface area (Å²) in [5, 5.41) is 1.11. The van der Waals surface area contributed by atoms with Crippen LogP contribution in [0.25, 0.3) is 11.3 Å². The zero-order valence-electron chi connectivity index (χ0n) is 18.1. The van der Waals surface area contributed by atoms with Crippen LogP contribution in [0.5, 0.6) is 5.75 Å². The first-order valence-electron chi connectivity index (χ1n) is 9.35. The number of aromatic nitrogens is 1. The lowest BCUT2D eigenvalue weighted by atomic mass is 10.1. The van der Waals surface area contributed by atoms with Gasteiger partial charge >= 0.3 is 8.56 Å². The third kappa shape index (κ3) is 5.86. The van der Waals surface area contributed by atoms with Crippen LogP contribution in [0.15, 0.2) is 36.5 Å². The molecular formula is C20H33NO3Si3.